The summed E-state index contributed by atoms with van der Waals surface area (Å²) >= 11 is 0. The molecule has 0 bridgehead atoms. The Labute approximate surface area is 158 Å². The van der Waals surface area contributed by atoms with Gasteiger partial charge in [-0.2, -0.15) is 0 Å². The third-order valence-electron chi connectivity index (χ3n) is 6.02. The van der Waals surface area contributed by atoms with Gasteiger partial charge in [0.15, 0.2) is 11.6 Å². The molecule has 1 fully saturated rings. The summed E-state index contributed by atoms with van der Waals surface area (Å²) < 4.78 is 43.5. The van der Waals surface area contributed by atoms with Crippen molar-refractivity contribution >= 4 is 10.8 Å². The van der Waals surface area contributed by atoms with Gasteiger partial charge >= 0.3 is 0 Å². The second-order valence-electron chi connectivity index (χ2n) is 7.93. The number of hydrogen-bond acceptors (Lipinski definition) is 0. The summed E-state index contributed by atoms with van der Waals surface area (Å²) in [5.74, 6) is -1.47. The SMILES string of the molecule is Cc1ccc2cc(-c3ccc(C4CCC(C)CC4)cc3)c(F)c(F)c2c1F. The second kappa shape index (κ2) is 7.03. The van der Waals surface area contributed by atoms with Gasteiger partial charge in [-0.05, 0) is 59.7 Å². The molecule has 1 aliphatic rings. The number of hydrogen-bond donors (Lipinski definition) is 0. The molecule has 0 unspecified atom stereocenters. The molecule has 0 aliphatic heterocycles. The lowest BCUT2D eigenvalue weighted by Gasteiger charge is -2.26. The smallest absolute Gasteiger partial charge is 0.170 e. The monoisotopic (exact) mass is 368 g/mol. The topological polar surface area (TPSA) is 0 Å². The van der Waals surface area contributed by atoms with E-state index in [9.17, 15) is 13.2 Å². The summed E-state index contributed by atoms with van der Waals surface area (Å²) in [6.45, 7) is 3.84. The normalized spacial score (nSPS) is 20.2. The largest absolute Gasteiger partial charge is 0.206 e. The molecule has 1 saturated carbocycles. The van der Waals surface area contributed by atoms with Gasteiger partial charge in [-0.25, -0.2) is 13.2 Å². The molecule has 0 aromatic heterocycles. The van der Waals surface area contributed by atoms with Gasteiger partial charge in [-0.3, -0.25) is 0 Å². The van der Waals surface area contributed by atoms with Gasteiger partial charge in [0.05, 0.1) is 5.39 Å². The zero-order valence-corrected chi connectivity index (χ0v) is 15.7. The fourth-order valence-corrected chi connectivity index (χ4v) is 4.22. The lowest BCUT2D eigenvalue weighted by molar-refractivity contribution is 0.348. The third-order valence-corrected chi connectivity index (χ3v) is 6.02. The number of benzene rings is 3. The van der Waals surface area contributed by atoms with E-state index in [1.165, 1.54) is 37.3 Å². The van der Waals surface area contributed by atoms with E-state index in [-0.39, 0.29) is 10.9 Å². The minimum atomic E-state index is -1.12. The van der Waals surface area contributed by atoms with E-state index < -0.39 is 17.5 Å². The summed E-state index contributed by atoms with van der Waals surface area (Å²) in [5, 5.41) is 0.0986. The van der Waals surface area contributed by atoms with Crippen LogP contribution in [-0.4, -0.2) is 0 Å². The van der Waals surface area contributed by atoms with Crippen LogP contribution in [0.3, 0.4) is 0 Å². The highest BCUT2D eigenvalue weighted by atomic mass is 19.2. The van der Waals surface area contributed by atoms with Crippen LogP contribution in [0, 0.1) is 30.3 Å². The van der Waals surface area contributed by atoms with Crippen molar-refractivity contribution in [3.63, 3.8) is 0 Å². The van der Waals surface area contributed by atoms with Crippen molar-refractivity contribution in [2.75, 3.05) is 0 Å². The first kappa shape index (κ1) is 18.1. The number of aryl methyl sites for hydroxylation is 1. The molecule has 0 radical (unpaired) electrons. The standard InChI is InChI=1S/C24H23F3/c1-14-3-6-16(7-4-14)17-9-11-18(12-10-17)20-13-19-8-5-15(2)22(25)21(19)24(27)23(20)26/h5,8-14,16H,3-4,6-7H2,1-2H3. The van der Waals surface area contributed by atoms with Crippen molar-refractivity contribution in [3.05, 3.63) is 71.0 Å². The Bertz CT molecular complexity index is 981. The van der Waals surface area contributed by atoms with Gasteiger partial charge < -0.3 is 0 Å². The predicted octanol–water partition coefficient (Wildman–Crippen LogP) is 7.53. The van der Waals surface area contributed by atoms with Crippen LogP contribution in [0.25, 0.3) is 21.9 Å². The maximum atomic E-state index is 14.7. The molecule has 3 heteroatoms. The lowest BCUT2D eigenvalue weighted by atomic mass is 9.79. The van der Waals surface area contributed by atoms with E-state index in [1.807, 2.05) is 24.3 Å². The minimum absolute atomic E-state index is 0.173. The molecule has 0 saturated heterocycles. The summed E-state index contributed by atoms with van der Waals surface area (Å²) in [5.41, 5.74) is 2.35. The number of rotatable bonds is 2. The Morgan fingerprint density at radius 3 is 2.11 bits per heavy atom. The maximum Gasteiger partial charge on any atom is 0.170 e. The molecule has 4 rings (SSSR count). The Morgan fingerprint density at radius 1 is 0.778 bits per heavy atom. The summed E-state index contributed by atoms with van der Waals surface area (Å²) in [6, 6.07) is 12.5. The van der Waals surface area contributed by atoms with Gasteiger partial charge in [-0.15, -0.1) is 0 Å². The van der Waals surface area contributed by atoms with Crippen LogP contribution in [0.5, 0.6) is 0 Å². The van der Waals surface area contributed by atoms with Crippen molar-refractivity contribution in [1.29, 1.82) is 0 Å². The summed E-state index contributed by atoms with van der Waals surface area (Å²) in [4.78, 5) is 0. The molecule has 3 aromatic rings. The van der Waals surface area contributed by atoms with E-state index in [2.05, 4.69) is 6.92 Å². The third kappa shape index (κ3) is 3.24. The van der Waals surface area contributed by atoms with E-state index in [0.717, 1.165) is 5.92 Å². The molecule has 0 nitrogen and oxygen atoms in total. The van der Waals surface area contributed by atoms with Crippen LogP contribution >= 0.6 is 0 Å². The molecule has 1 aliphatic carbocycles. The van der Waals surface area contributed by atoms with Crippen LogP contribution < -0.4 is 0 Å². The van der Waals surface area contributed by atoms with Crippen molar-refractivity contribution in [2.45, 2.75) is 45.4 Å². The van der Waals surface area contributed by atoms with Crippen molar-refractivity contribution in [2.24, 2.45) is 5.92 Å². The zero-order valence-electron chi connectivity index (χ0n) is 15.7. The number of halogens is 3. The van der Waals surface area contributed by atoms with Crippen LogP contribution in [0.15, 0.2) is 42.5 Å². The first-order chi connectivity index (χ1) is 13.0. The molecule has 0 atom stereocenters. The Balaban J connectivity index is 1.72. The molecule has 0 N–H and O–H groups in total. The van der Waals surface area contributed by atoms with Crippen LogP contribution in [0.1, 0.15) is 49.7 Å². The van der Waals surface area contributed by atoms with E-state index in [0.29, 0.717) is 22.4 Å². The lowest BCUT2D eigenvalue weighted by Crippen LogP contribution is -2.10. The molecule has 140 valence electrons. The molecule has 0 spiro atoms. The number of fused-ring (bicyclic) bond motifs is 1. The molecule has 0 amide bonds. The van der Waals surface area contributed by atoms with Crippen molar-refractivity contribution < 1.29 is 13.2 Å². The van der Waals surface area contributed by atoms with Gasteiger partial charge in [0.25, 0.3) is 0 Å². The Morgan fingerprint density at radius 2 is 1.44 bits per heavy atom. The van der Waals surface area contributed by atoms with Crippen LogP contribution in [0.2, 0.25) is 0 Å². The highest BCUT2D eigenvalue weighted by Gasteiger charge is 2.21. The van der Waals surface area contributed by atoms with Gasteiger partial charge in [0.1, 0.15) is 5.82 Å². The highest BCUT2D eigenvalue weighted by molar-refractivity contribution is 5.89. The zero-order chi connectivity index (χ0) is 19.1. The van der Waals surface area contributed by atoms with Crippen molar-refractivity contribution in [1.82, 2.24) is 0 Å². The first-order valence-electron chi connectivity index (χ1n) is 9.63. The summed E-state index contributed by atoms with van der Waals surface area (Å²) in [7, 11) is 0. The van der Waals surface area contributed by atoms with E-state index in [4.69, 9.17) is 0 Å². The Hall–Kier alpha value is -2.29. The second-order valence-corrected chi connectivity index (χ2v) is 7.93. The van der Waals surface area contributed by atoms with E-state index >= 15 is 0 Å². The molecule has 27 heavy (non-hydrogen) atoms. The molecule has 0 heterocycles. The fraction of sp³-hybridized carbons (Fsp3) is 0.333. The van der Waals surface area contributed by atoms with Gasteiger partial charge in [0, 0.05) is 5.56 Å². The van der Waals surface area contributed by atoms with Crippen molar-refractivity contribution in [3.8, 4) is 11.1 Å². The van der Waals surface area contributed by atoms with Gasteiger partial charge in [0.2, 0.25) is 0 Å². The molecular formula is C24H23F3. The average molecular weight is 368 g/mol. The minimum Gasteiger partial charge on any atom is -0.206 e. The highest BCUT2D eigenvalue weighted by Crippen LogP contribution is 2.37. The summed E-state index contributed by atoms with van der Waals surface area (Å²) in [6.07, 6.45) is 4.83. The molecule has 3 aromatic carbocycles. The predicted molar refractivity (Wildman–Crippen MR) is 104 cm³/mol. The van der Waals surface area contributed by atoms with E-state index in [1.54, 1.807) is 19.1 Å². The average Bonchev–Trinajstić information content (AvgIpc) is 2.68. The quantitative estimate of drug-likeness (QED) is 0.438. The maximum absolute atomic E-state index is 14.7. The Kier molecular flexibility index (Phi) is 4.71. The van der Waals surface area contributed by atoms with Crippen LogP contribution in [-0.2, 0) is 0 Å². The first-order valence-corrected chi connectivity index (χ1v) is 9.63. The van der Waals surface area contributed by atoms with Gasteiger partial charge in [-0.1, -0.05) is 56.2 Å². The van der Waals surface area contributed by atoms with Crippen LogP contribution in [0.4, 0.5) is 13.2 Å². The molecular weight excluding hydrogens is 345 g/mol. The fourth-order valence-electron chi connectivity index (χ4n) is 4.22.